The van der Waals surface area contributed by atoms with Crippen LogP contribution in [0.3, 0.4) is 0 Å². The van der Waals surface area contributed by atoms with Crippen LogP contribution in [0, 0.1) is 5.82 Å². The molecule has 31 heavy (non-hydrogen) atoms. The predicted molar refractivity (Wildman–Crippen MR) is 110 cm³/mol. The fraction of sp³-hybridized carbons (Fsp3) is 0.286. The van der Waals surface area contributed by atoms with Crippen LogP contribution in [0.15, 0.2) is 53.6 Å². The molecule has 162 valence electrons. The Hall–Kier alpha value is -2.91. The minimum Gasteiger partial charge on any atom is -0.394 e. The Morgan fingerprint density at radius 1 is 1.26 bits per heavy atom. The second-order valence-corrected chi connectivity index (χ2v) is 7.81. The highest BCUT2D eigenvalue weighted by Gasteiger charge is 2.45. The van der Waals surface area contributed by atoms with Crippen LogP contribution in [-0.2, 0) is 0 Å². The monoisotopic (exact) mass is 450 g/mol. The van der Waals surface area contributed by atoms with Crippen molar-refractivity contribution in [1.82, 2.24) is 14.5 Å². The van der Waals surface area contributed by atoms with Crippen molar-refractivity contribution in [3.05, 3.63) is 75.5 Å². The number of nitrogens with one attached hydrogen (secondary N) is 1. The lowest BCUT2D eigenvalue weighted by Gasteiger charge is -2.35. The zero-order valence-corrected chi connectivity index (χ0v) is 16.9. The van der Waals surface area contributed by atoms with Crippen LogP contribution in [0.25, 0.3) is 11.3 Å². The molecule has 0 saturated heterocycles. The maximum Gasteiger partial charge on any atom is 0.252 e. The number of aliphatic hydroxyl groups excluding tert-OH is 1. The van der Waals surface area contributed by atoms with Crippen molar-refractivity contribution in [3.8, 4) is 11.3 Å². The SMILES string of the molecule is O=c1cc(-c2ccnc(NC3CC(F)(F)C3)n2)ccn1C(CO)c1ccc(Cl)c(F)c1. The normalized spacial score (nSPS) is 16.5. The molecule has 10 heteroatoms. The maximum absolute atomic E-state index is 13.8. The van der Waals surface area contributed by atoms with Crippen molar-refractivity contribution in [2.24, 2.45) is 0 Å². The summed E-state index contributed by atoms with van der Waals surface area (Å²) in [5.74, 6) is -3.10. The molecule has 4 rings (SSSR count). The van der Waals surface area contributed by atoms with Gasteiger partial charge in [-0.2, -0.15) is 0 Å². The third kappa shape index (κ3) is 4.57. The van der Waals surface area contributed by atoms with Crippen molar-refractivity contribution in [1.29, 1.82) is 0 Å². The maximum atomic E-state index is 13.8. The van der Waals surface area contributed by atoms with E-state index >= 15 is 0 Å². The van der Waals surface area contributed by atoms with Crippen molar-refractivity contribution >= 4 is 17.5 Å². The minimum atomic E-state index is -2.66. The van der Waals surface area contributed by atoms with Crippen LogP contribution in [-0.4, -0.2) is 38.2 Å². The zero-order chi connectivity index (χ0) is 22.2. The number of nitrogens with zero attached hydrogens (tertiary/aromatic N) is 3. The summed E-state index contributed by atoms with van der Waals surface area (Å²) in [6.07, 6.45) is 2.40. The molecule has 1 atom stereocenters. The van der Waals surface area contributed by atoms with Crippen molar-refractivity contribution in [2.75, 3.05) is 11.9 Å². The third-order valence-corrected chi connectivity index (χ3v) is 5.47. The van der Waals surface area contributed by atoms with Crippen LogP contribution in [0.5, 0.6) is 0 Å². The Morgan fingerprint density at radius 2 is 2.03 bits per heavy atom. The standard InChI is InChI=1S/C21H18ClF3N4O2/c22-15-2-1-13(7-16(15)23)18(11-30)29-6-4-12(8-19(29)31)17-3-5-26-20(28-17)27-14-9-21(24,25)10-14/h1-8,14,18,30H,9-11H2,(H,26,27,28). The van der Waals surface area contributed by atoms with E-state index in [0.717, 1.165) is 0 Å². The van der Waals surface area contributed by atoms with Crippen LogP contribution < -0.4 is 10.9 Å². The van der Waals surface area contributed by atoms with E-state index < -0.39 is 36.0 Å². The molecule has 2 aromatic heterocycles. The highest BCUT2D eigenvalue weighted by Crippen LogP contribution is 2.38. The number of rotatable bonds is 6. The summed E-state index contributed by atoms with van der Waals surface area (Å²) < 4.78 is 41.1. The van der Waals surface area contributed by atoms with Crippen LogP contribution in [0.2, 0.25) is 5.02 Å². The van der Waals surface area contributed by atoms with Gasteiger partial charge in [0.05, 0.1) is 23.4 Å². The van der Waals surface area contributed by atoms with Gasteiger partial charge in [0.15, 0.2) is 0 Å². The average molecular weight is 451 g/mol. The van der Waals surface area contributed by atoms with Gasteiger partial charge in [0.2, 0.25) is 5.95 Å². The van der Waals surface area contributed by atoms with Gasteiger partial charge in [-0.15, -0.1) is 0 Å². The van der Waals surface area contributed by atoms with Gasteiger partial charge in [-0.25, -0.2) is 23.1 Å². The van der Waals surface area contributed by atoms with Crippen molar-refractivity contribution in [2.45, 2.75) is 30.8 Å². The first-order chi connectivity index (χ1) is 14.8. The van der Waals surface area contributed by atoms with Gasteiger partial charge >= 0.3 is 0 Å². The highest BCUT2D eigenvalue weighted by atomic mass is 35.5. The van der Waals surface area contributed by atoms with Gasteiger partial charge in [-0.3, -0.25) is 4.79 Å². The first-order valence-electron chi connectivity index (χ1n) is 9.51. The van der Waals surface area contributed by atoms with E-state index in [1.807, 2.05) is 0 Å². The Bertz CT molecular complexity index is 1160. The lowest BCUT2D eigenvalue weighted by molar-refractivity contribution is -0.0794. The van der Waals surface area contributed by atoms with Gasteiger partial charge in [-0.05, 0) is 29.8 Å². The Labute approximate surface area is 180 Å². The molecule has 1 aliphatic carbocycles. The highest BCUT2D eigenvalue weighted by molar-refractivity contribution is 6.30. The fourth-order valence-electron chi connectivity index (χ4n) is 3.52. The minimum absolute atomic E-state index is 0.0538. The van der Waals surface area contributed by atoms with Crippen molar-refractivity contribution in [3.63, 3.8) is 0 Å². The Balaban J connectivity index is 1.58. The number of hydrogen-bond acceptors (Lipinski definition) is 5. The number of benzene rings is 1. The first kappa shape index (κ1) is 21.3. The summed E-state index contributed by atoms with van der Waals surface area (Å²) in [5.41, 5.74) is 0.888. The third-order valence-electron chi connectivity index (χ3n) is 5.16. The number of pyridine rings is 1. The zero-order valence-electron chi connectivity index (χ0n) is 16.1. The summed E-state index contributed by atoms with van der Waals surface area (Å²) in [6.45, 7) is -0.423. The number of hydrogen-bond donors (Lipinski definition) is 2. The average Bonchev–Trinajstić information content (AvgIpc) is 2.71. The van der Waals surface area contributed by atoms with Gasteiger partial charge in [0.25, 0.3) is 11.5 Å². The molecule has 2 N–H and O–H groups in total. The van der Waals surface area contributed by atoms with E-state index in [2.05, 4.69) is 15.3 Å². The summed E-state index contributed by atoms with van der Waals surface area (Å²) in [6, 6.07) is 7.44. The van der Waals surface area contributed by atoms with Gasteiger partial charge in [0.1, 0.15) is 5.82 Å². The molecule has 1 saturated carbocycles. The summed E-state index contributed by atoms with van der Waals surface area (Å²) >= 11 is 5.71. The number of alkyl halides is 2. The molecule has 1 aromatic carbocycles. The summed E-state index contributed by atoms with van der Waals surface area (Å²) in [4.78, 5) is 21.1. The molecular formula is C21H18ClF3N4O2. The molecule has 3 aromatic rings. The molecule has 6 nitrogen and oxygen atoms in total. The molecule has 2 heterocycles. The lowest BCUT2D eigenvalue weighted by Crippen LogP contribution is -2.44. The van der Waals surface area contributed by atoms with Gasteiger partial charge < -0.3 is 15.0 Å². The Kier molecular flexibility index (Phi) is 5.72. The van der Waals surface area contributed by atoms with E-state index in [9.17, 15) is 23.1 Å². The summed E-state index contributed by atoms with van der Waals surface area (Å²) in [7, 11) is 0. The number of halogens is 4. The number of aliphatic hydroxyl groups is 1. The molecule has 1 fully saturated rings. The molecule has 1 aliphatic rings. The van der Waals surface area contributed by atoms with Crippen LogP contribution in [0.1, 0.15) is 24.4 Å². The lowest BCUT2D eigenvalue weighted by atomic mass is 9.88. The van der Waals surface area contributed by atoms with Gasteiger partial charge in [0, 0.05) is 42.9 Å². The first-order valence-corrected chi connectivity index (χ1v) is 9.89. The molecular weight excluding hydrogens is 433 g/mol. The van der Waals surface area contributed by atoms with E-state index in [1.54, 1.807) is 18.2 Å². The molecule has 0 radical (unpaired) electrons. The largest absolute Gasteiger partial charge is 0.394 e. The molecule has 0 amide bonds. The quantitative estimate of drug-likeness (QED) is 0.595. The molecule has 0 spiro atoms. The summed E-state index contributed by atoms with van der Waals surface area (Å²) in [5, 5.41) is 12.6. The van der Waals surface area contributed by atoms with Crippen molar-refractivity contribution < 1.29 is 18.3 Å². The van der Waals surface area contributed by atoms with E-state index in [1.165, 1.54) is 35.2 Å². The smallest absolute Gasteiger partial charge is 0.252 e. The topological polar surface area (TPSA) is 80.0 Å². The van der Waals surface area contributed by atoms with E-state index in [-0.39, 0.29) is 23.8 Å². The second kappa shape index (κ2) is 8.32. The molecule has 0 aliphatic heterocycles. The van der Waals surface area contributed by atoms with Crippen LogP contribution >= 0.6 is 11.6 Å². The van der Waals surface area contributed by atoms with E-state index in [0.29, 0.717) is 16.8 Å². The second-order valence-electron chi connectivity index (χ2n) is 7.40. The van der Waals surface area contributed by atoms with Crippen LogP contribution in [0.4, 0.5) is 19.1 Å². The fourth-order valence-corrected chi connectivity index (χ4v) is 3.63. The number of aromatic nitrogens is 3. The number of anilines is 1. The molecule has 0 bridgehead atoms. The Morgan fingerprint density at radius 3 is 2.68 bits per heavy atom. The predicted octanol–water partition coefficient (Wildman–Crippen LogP) is 3.89. The van der Waals surface area contributed by atoms with E-state index in [4.69, 9.17) is 11.6 Å². The van der Waals surface area contributed by atoms with Gasteiger partial charge in [-0.1, -0.05) is 17.7 Å². The molecule has 1 unspecified atom stereocenters.